The average Bonchev–Trinajstić information content (AvgIpc) is 3.43. The summed E-state index contributed by atoms with van der Waals surface area (Å²) < 4.78 is 25.4. The van der Waals surface area contributed by atoms with E-state index in [0.717, 1.165) is 5.56 Å². The van der Waals surface area contributed by atoms with E-state index in [2.05, 4.69) is 10.4 Å². The molecule has 0 atom stereocenters. The number of benzene rings is 2. The van der Waals surface area contributed by atoms with E-state index < -0.39 is 0 Å². The van der Waals surface area contributed by atoms with Crippen LogP contribution in [0.4, 0.5) is 4.39 Å². The summed E-state index contributed by atoms with van der Waals surface area (Å²) in [6.07, 6.45) is 1.55. The summed E-state index contributed by atoms with van der Waals surface area (Å²) in [7, 11) is 1.59. The molecule has 7 heteroatoms. The van der Waals surface area contributed by atoms with Crippen LogP contribution in [0.2, 0.25) is 0 Å². The van der Waals surface area contributed by atoms with E-state index in [1.807, 2.05) is 24.3 Å². The number of aromatic nitrogens is 2. The number of hydrogen-bond donors (Lipinski definition) is 1. The fourth-order valence-corrected chi connectivity index (χ4v) is 2.92. The minimum Gasteiger partial charge on any atom is -0.497 e. The van der Waals surface area contributed by atoms with Crippen LogP contribution in [0, 0.1) is 5.82 Å². The van der Waals surface area contributed by atoms with E-state index in [0.29, 0.717) is 28.6 Å². The van der Waals surface area contributed by atoms with Crippen LogP contribution in [-0.4, -0.2) is 22.8 Å². The molecule has 2 heterocycles. The third-order valence-corrected chi connectivity index (χ3v) is 4.38. The van der Waals surface area contributed by atoms with Crippen LogP contribution in [0.5, 0.6) is 5.75 Å². The maximum Gasteiger partial charge on any atom is 0.270 e. The van der Waals surface area contributed by atoms with Crippen molar-refractivity contribution in [2.24, 2.45) is 0 Å². The number of furan rings is 1. The Morgan fingerprint density at radius 3 is 2.69 bits per heavy atom. The van der Waals surface area contributed by atoms with Gasteiger partial charge in [0.25, 0.3) is 5.91 Å². The Bertz CT molecular complexity index is 1120. The summed E-state index contributed by atoms with van der Waals surface area (Å²) in [4.78, 5) is 12.9. The van der Waals surface area contributed by atoms with Gasteiger partial charge >= 0.3 is 0 Å². The molecule has 0 spiro atoms. The van der Waals surface area contributed by atoms with Gasteiger partial charge in [0.05, 0.1) is 31.3 Å². The third-order valence-electron chi connectivity index (χ3n) is 4.38. The predicted molar refractivity (Wildman–Crippen MR) is 105 cm³/mol. The molecule has 0 aliphatic rings. The molecular formula is C22H18FN3O3. The van der Waals surface area contributed by atoms with Crippen molar-refractivity contribution in [2.75, 3.05) is 7.11 Å². The van der Waals surface area contributed by atoms with Crippen LogP contribution in [-0.2, 0) is 6.54 Å². The molecule has 0 fully saturated rings. The van der Waals surface area contributed by atoms with Crippen molar-refractivity contribution in [1.29, 1.82) is 0 Å². The molecular weight excluding hydrogens is 373 g/mol. The van der Waals surface area contributed by atoms with Crippen LogP contribution in [0.15, 0.2) is 77.4 Å². The molecule has 146 valence electrons. The lowest BCUT2D eigenvalue weighted by Crippen LogP contribution is -2.25. The van der Waals surface area contributed by atoms with Crippen molar-refractivity contribution in [3.05, 3.63) is 90.3 Å². The molecule has 29 heavy (non-hydrogen) atoms. The molecule has 1 amide bonds. The molecule has 1 N–H and O–H groups in total. The largest absolute Gasteiger partial charge is 0.497 e. The van der Waals surface area contributed by atoms with Crippen molar-refractivity contribution in [3.8, 4) is 22.7 Å². The average molecular weight is 391 g/mol. The Kier molecular flexibility index (Phi) is 5.11. The summed E-state index contributed by atoms with van der Waals surface area (Å²) in [6.45, 7) is 0.245. The van der Waals surface area contributed by atoms with Gasteiger partial charge in [-0.25, -0.2) is 9.07 Å². The molecule has 0 saturated carbocycles. The highest BCUT2D eigenvalue weighted by molar-refractivity contribution is 5.94. The molecule has 0 aliphatic heterocycles. The van der Waals surface area contributed by atoms with Gasteiger partial charge in [-0.15, -0.1) is 0 Å². The van der Waals surface area contributed by atoms with Gasteiger partial charge in [0, 0.05) is 5.56 Å². The van der Waals surface area contributed by atoms with Gasteiger partial charge < -0.3 is 14.5 Å². The van der Waals surface area contributed by atoms with Crippen LogP contribution in [0.1, 0.15) is 16.2 Å². The first-order valence-corrected chi connectivity index (χ1v) is 8.95. The normalized spacial score (nSPS) is 10.7. The zero-order valence-electron chi connectivity index (χ0n) is 15.6. The molecule has 0 bridgehead atoms. The zero-order valence-corrected chi connectivity index (χ0v) is 15.6. The number of rotatable bonds is 6. The monoisotopic (exact) mass is 391 g/mol. The van der Waals surface area contributed by atoms with Crippen LogP contribution in [0.25, 0.3) is 16.9 Å². The topological polar surface area (TPSA) is 69.3 Å². The molecule has 0 saturated heterocycles. The lowest BCUT2D eigenvalue weighted by molar-refractivity contribution is 0.0940. The second kappa shape index (κ2) is 8.02. The first-order valence-electron chi connectivity index (χ1n) is 8.95. The summed E-state index contributed by atoms with van der Waals surface area (Å²) in [5.41, 5.74) is 2.28. The van der Waals surface area contributed by atoms with Crippen molar-refractivity contribution in [3.63, 3.8) is 0 Å². The first kappa shape index (κ1) is 18.5. The maximum atomic E-state index is 13.4. The first-order chi connectivity index (χ1) is 14.1. The Balaban J connectivity index is 1.71. The number of ether oxygens (including phenoxy) is 1. The molecule has 4 aromatic rings. The van der Waals surface area contributed by atoms with Gasteiger partial charge in [-0.05, 0) is 54.6 Å². The Labute approximate surface area is 166 Å². The molecule has 2 aromatic carbocycles. The lowest BCUT2D eigenvalue weighted by Gasteiger charge is -2.07. The standard InChI is InChI=1S/C22H18FN3O3/c1-28-18-5-2-4-15(12-18)20-13-21(22(27)24-14-19-6-3-11-29-19)26(25-20)17-9-7-16(23)8-10-17/h2-13H,14H2,1H3,(H,24,27). The number of hydrogen-bond acceptors (Lipinski definition) is 4. The van der Waals surface area contributed by atoms with Gasteiger partial charge in [0.2, 0.25) is 0 Å². The SMILES string of the molecule is COc1cccc(-c2cc(C(=O)NCc3ccco3)n(-c3ccc(F)cc3)n2)c1. The van der Waals surface area contributed by atoms with Crippen molar-refractivity contribution in [1.82, 2.24) is 15.1 Å². The van der Waals surface area contributed by atoms with Gasteiger partial charge in [-0.3, -0.25) is 4.79 Å². The second-order valence-corrected chi connectivity index (χ2v) is 6.30. The number of carbonyl (C=O) groups excluding carboxylic acids is 1. The molecule has 0 radical (unpaired) electrons. The van der Waals surface area contributed by atoms with Gasteiger partial charge in [0.1, 0.15) is 23.0 Å². The van der Waals surface area contributed by atoms with E-state index in [9.17, 15) is 9.18 Å². The number of halogens is 1. The predicted octanol–water partition coefficient (Wildman–Crippen LogP) is 4.21. The van der Waals surface area contributed by atoms with Gasteiger partial charge in [-0.1, -0.05) is 12.1 Å². The van der Waals surface area contributed by atoms with E-state index >= 15 is 0 Å². The van der Waals surface area contributed by atoms with E-state index in [-0.39, 0.29) is 18.3 Å². The van der Waals surface area contributed by atoms with E-state index in [4.69, 9.17) is 9.15 Å². The minimum atomic E-state index is -0.363. The third kappa shape index (κ3) is 4.03. The summed E-state index contributed by atoms with van der Waals surface area (Å²) >= 11 is 0. The zero-order chi connectivity index (χ0) is 20.2. The van der Waals surface area contributed by atoms with Crippen molar-refractivity contribution >= 4 is 5.91 Å². The fraction of sp³-hybridized carbons (Fsp3) is 0.0909. The van der Waals surface area contributed by atoms with Crippen LogP contribution in [0.3, 0.4) is 0 Å². The number of amides is 1. The Morgan fingerprint density at radius 1 is 1.14 bits per heavy atom. The highest BCUT2D eigenvalue weighted by atomic mass is 19.1. The Hall–Kier alpha value is -3.87. The molecule has 4 rings (SSSR count). The van der Waals surface area contributed by atoms with Gasteiger partial charge in [-0.2, -0.15) is 5.10 Å². The highest BCUT2D eigenvalue weighted by Crippen LogP contribution is 2.25. The smallest absolute Gasteiger partial charge is 0.270 e. The quantitative estimate of drug-likeness (QED) is 0.535. The molecule has 2 aromatic heterocycles. The van der Waals surface area contributed by atoms with Gasteiger partial charge in [0.15, 0.2) is 0 Å². The summed E-state index contributed by atoms with van der Waals surface area (Å²) in [5.74, 6) is 0.631. The number of nitrogens with one attached hydrogen (secondary N) is 1. The molecule has 6 nitrogen and oxygen atoms in total. The lowest BCUT2D eigenvalue weighted by atomic mass is 10.1. The number of nitrogens with zero attached hydrogens (tertiary/aromatic N) is 2. The fourth-order valence-electron chi connectivity index (χ4n) is 2.92. The van der Waals surface area contributed by atoms with E-state index in [1.165, 1.54) is 16.8 Å². The van der Waals surface area contributed by atoms with Crippen molar-refractivity contribution in [2.45, 2.75) is 6.54 Å². The van der Waals surface area contributed by atoms with Crippen molar-refractivity contribution < 1.29 is 18.3 Å². The van der Waals surface area contributed by atoms with E-state index in [1.54, 1.807) is 43.7 Å². The number of methoxy groups -OCH3 is 1. The summed E-state index contributed by atoms with van der Waals surface area (Å²) in [5, 5.41) is 7.39. The minimum absolute atomic E-state index is 0.245. The highest BCUT2D eigenvalue weighted by Gasteiger charge is 2.18. The molecule has 0 aliphatic carbocycles. The summed E-state index contributed by atoms with van der Waals surface area (Å²) in [6, 6.07) is 18.4. The molecule has 0 unspecified atom stereocenters. The number of carbonyl (C=O) groups is 1. The second-order valence-electron chi connectivity index (χ2n) is 6.30. The van der Waals surface area contributed by atoms with Crippen LogP contribution >= 0.6 is 0 Å². The maximum absolute atomic E-state index is 13.4. The van der Waals surface area contributed by atoms with Crippen LogP contribution < -0.4 is 10.1 Å². The Morgan fingerprint density at radius 2 is 1.97 bits per heavy atom.